The van der Waals surface area contributed by atoms with Gasteiger partial charge in [0.05, 0.1) is 6.61 Å². The summed E-state index contributed by atoms with van der Waals surface area (Å²) in [5.74, 6) is 0. The normalized spacial score (nSPS) is 10.3. The number of hydrogen-bond acceptors (Lipinski definition) is 3. The minimum atomic E-state index is 0.151. The van der Waals surface area contributed by atoms with Gasteiger partial charge in [0.1, 0.15) is 6.29 Å². The number of rotatable bonds is 7. The summed E-state index contributed by atoms with van der Waals surface area (Å²) in [6.07, 6.45) is 3.10. The van der Waals surface area contributed by atoms with E-state index in [2.05, 4.69) is 11.8 Å². The summed E-state index contributed by atoms with van der Waals surface area (Å²) < 4.78 is 0. The van der Waals surface area contributed by atoms with E-state index in [0.717, 1.165) is 36.9 Å². The van der Waals surface area contributed by atoms with Crippen molar-refractivity contribution in [1.82, 2.24) is 0 Å². The summed E-state index contributed by atoms with van der Waals surface area (Å²) in [5.41, 5.74) is 2.89. The maximum atomic E-state index is 10.7. The molecule has 0 aromatic heterocycles. The number of hydrogen-bond donors (Lipinski definition) is 1. The number of anilines is 1. The van der Waals surface area contributed by atoms with Crippen molar-refractivity contribution in [2.75, 3.05) is 24.6 Å². The first-order valence-electron chi connectivity index (χ1n) is 6.14. The van der Waals surface area contributed by atoms with Crippen LogP contribution in [0.5, 0.6) is 0 Å². The van der Waals surface area contributed by atoms with Gasteiger partial charge in [-0.15, -0.1) is 0 Å². The molecular weight excluding hydrogens is 214 g/mol. The molecule has 17 heavy (non-hydrogen) atoms. The number of aliphatic hydroxyl groups excluding tert-OH is 1. The van der Waals surface area contributed by atoms with Gasteiger partial charge in [0, 0.05) is 24.3 Å². The highest BCUT2D eigenvalue weighted by Gasteiger charge is 2.08. The van der Waals surface area contributed by atoms with E-state index in [9.17, 15) is 4.79 Å². The molecule has 0 spiro atoms. The predicted molar refractivity (Wildman–Crippen MR) is 70.8 cm³/mol. The molecule has 0 saturated heterocycles. The van der Waals surface area contributed by atoms with Gasteiger partial charge in [-0.2, -0.15) is 0 Å². The molecule has 1 rings (SSSR count). The molecule has 1 N–H and O–H groups in total. The van der Waals surface area contributed by atoms with E-state index in [1.807, 2.05) is 25.1 Å². The summed E-state index contributed by atoms with van der Waals surface area (Å²) in [7, 11) is 0. The second-order valence-corrected chi connectivity index (χ2v) is 4.23. The average molecular weight is 235 g/mol. The zero-order valence-electron chi connectivity index (χ0n) is 10.6. The van der Waals surface area contributed by atoms with Crippen LogP contribution in [0.15, 0.2) is 18.2 Å². The number of carbonyl (C=O) groups is 1. The molecule has 0 atom stereocenters. The molecule has 1 aromatic carbocycles. The largest absolute Gasteiger partial charge is 0.395 e. The van der Waals surface area contributed by atoms with E-state index in [0.29, 0.717) is 12.1 Å². The number of aliphatic hydroxyl groups is 1. The van der Waals surface area contributed by atoms with Crippen LogP contribution in [0, 0.1) is 6.92 Å². The summed E-state index contributed by atoms with van der Waals surface area (Å²) >= 11 is 0. The molecule has 0 fully saturated rings. The van der Waals surface area contributed by atoms with Gasteiger partial charge in [-0.3, -0.25) is 4.79 Å². The molecule has 0 aliphatic carbocycles. The number of aldehydes is 1. The SMILES string of the molecule is CCCCN(CCO)c1ccc(C=O)cc1C. The smallest absolute Gasteiger partial charge is 0.150 e. The van der Waals surface area contributed by atoms with Gasteiger partial charge in [-0.05, 0) is 37.1 Å². The Balaban J connectivity index is 2.88. The maximum absolute atomic E-state index is 10.7. The van der Waals surface area contributed by atoms with Crippen LogP contribution < -0.4 is 4.90 Å². The fraction of sp³-hybridized carbons (Fsp3) is 0.500. The van der Waals surface area contributed by atoms with Gasteiger partial charge in [0.2, 0.25) is 0 Å². The number of benzene rings is 1. The Labute approximate surface area is 103 Å². The third kappa shape index (κ3) is 3.86. The molecular formula is C14H21NO2. The lowest BCUT2D eigenvalue weighted by molar-refractivity contribution is 0.112. The highest BCUT2D eigenvalue weighted by molar-refractivity contribution is 5.76. The van der Waals surface area contributed by atoms with E-state index < -0.39 is 0 Å². The number of aryl methyl sites for hydroxylation is 1. The third-order valence-corrected chi connectivity index (χ3v) is 2.85. The van der Waals surface area contributed by atoms with Crippen molar-refractivity contribution in [2.45, 2.75) is 26.7 Å². The van der Waals surface area contributed by atoms with Crippen LogP contribution in [0.2, 0.25) is 0 Å². The first-order chi connectivity index (χ1) is 8.22. The van der Waals surface area contributed by atoms with Crippen LogP contribution in [0.1, 0.15) is 35.7 Å². The molecule has 94 valence electrons. The standard InChI is InChI=1S/C14H21NO2/c1-3-4-7-15(8-9-16)14-6-5-13(11-17)10-12(14)2/h5-6,10-11,16H,3-4,7-9H2,1-2H3. The van der Waals surface area contributed by atoms with Gasteiger partial charge < -0.3 is 10.0 Å². The van der Waals surface area contributed by atoms with Crippen molar-refractivity contribution in [2.24, 2.45) is 0 Å². The Morgan fingerprint density at radius 1 is 1.35 bits per heavy atom. The minimum absolute atomic E-state index is 0.151. The zero-order valence-corrected chi connectivity index (χ0v) is 10.6. The predicted octanol–water partition coefficient (Wildman–Crippen LogP) is 2.41. The Bertz CT molecular complexity index is 363. The maximum Gasteiger partial charge on any atom is 0.150 e. The Kier molecular flexibility index (Phi) is 5.70. The van der Waals surface area contributed by atoms with Gasteiger partial charge >= 0.3 is 0 Å². The van der Waals surface area contributed by atoms with Crippen LogP contribution in [0.25, 0.3) is 0 Å². The number of carbonyl (C=O) groups excluding carboxylic acids is 1. The summed E-state index contributed by atoms with van der Waals surface area (Å²) in [6, 6.07) is 5.68. The van der Waals surface area contributed by atoms with Crippen LogP contribution >= 0.6 is 0 Å². The van der Waals surface area contributed by atoms with E-state index in [-0.39, 0.29) is 6.61 Å². The van der Waals surface area contributed by atoms with E-state index in [1.165, 1.54) is 0 Å². The minimum Gasteiger partial charge on any atom is -0.395 e. The molecule has 0 saturated carbocycles. The molecule has 0 aliphatic rings. The van der Waals surface area contributed by atoms with Crippen LogP contribution in [0.4, 0.5) is 5.69 Å². The van der Waals surface area contributed by atoms with Crippen molar-refractivity contribution in [3.8, 4) is 0 Å². The van der Waals surface area contributed by atoms with E-state index in [4.69, 9.17) is 5.11 Å². The first kappa shape index (κ1) is 13.7. The van der Waals surface area contributed by atoms with Crippen molar-refractivity contribution < 1.29 is 9.90 Å². The quantitative estimate of drug-likeness (QED) is 0.738. The molecule has 3 nitrogen and oxygen atoms in total. The Morgan fingerprint density at radius 2 is 2.12 bits per heavy atom. The topological polar surface area (TPSA) is 40.5 Å². The fourth-order valence-corrected chi connectivity index (χ4v) is 1.93. The van der Waals surface area contributed by atoms with E-state index in [1.54, 1.807) is 0 Å². The molecule has 0 unspecified atom stereocenters. The monoisotopic (exact) mass is 235 g/mol. The second kappa shape index (κ2) is 7.07. The van der Waals surface area contributed by atoms with Crippen molar-refractivity contribution >= 4 is 12.0 Å². The summed E-state index contributed by atoms with van der Waals surface area (Å²) in [5, 5.41) is 9.09. The lowest BCUT2D eigenvalue weighted by Gasteiger charge is -2.25. The fourth-order valence-electron chi connectivity index (χ4n) is 1.93. The van der Waals surface area contributed by atoms with E-state index >= 15 is 0 Å². The zero-order chi connectivity index (χ0) is 12.7. The third-order valence-electron chi connectivity index (χ3n) is 2.85. The highest BCUT2D eigenvalue weighted by Crippen LogP contribution is 2.21. The lowest BCUT2D eigenvalue weighted by atomic mass is 10.1. The first-order valence-corrected chi connectivity index (χ1v) is 6.14. The molecule has 0 bridgehead atoms. The van der Waals surface area contributed by atoms with Crippen molar-refractivity contribution in [1.29, 1.82) is 0 Å². The van der Waals surface area contributed by atoms with Crippen LogP contribution in [0.3, 0.4) is 0 Å². The molecule has 0 radical (unpaired) electrons. The Morgan fingerprint density at radius 3 is 2.65 bits per heavy atom. The second-order valence-electron chi connectivity index (χ2n) is 4.23. The number of unbranched alkanes of at least 4 members (excludes halogenated alkanes) is 1. The van der Waals surface area contributed by atoms with Crippen molar-refractivity contribution in [3.63, 3.8) is 0 Å². The van der Waals surface area contributed by atoms with Gasteiger partial charge in [0.25, 0.3) is 0 Å². The van der Waals surface area contributed by atoms with Crippen LogP contribution in [-0.2, 0) is 0 Å². The summed E-state index contributed by atoms with van der Waals surface area (Å²) in [4.78, 5) is 12.9. The summed E-state index contributed by atoms with van der Waals surface area (Å²) in [6.45, 7) is 5.89. The highest BCUT2D eigenvalue weighted by atomic mass is 16.3. The molecule has 0 heterocycles. The van der Waals surface area contributed by atoms with Gasteiger partial charge in [0.15, 0.2) is 0 Å². The molecule has 0 amide bonds. The van der Waals surface area contributed by atoms with Gasteiger partial charge in [-0.25, -0.2) is 0 Å². The van der Waals surface area contributed by atoms with Crippen molar-refractivity contribution in [3.05, 3.63) is 29.3 Å². The van der Waals surface area contributed by atoms with Gasteiger partial charge in [-0.1, -0.05) is 13.3 Å². The Hall–Kier alpha value is -1.35. The van der Waals surface area contributed by atoms with Crippen LogP contribution in [-0.4, -0.2) is 31.1 Å². The molecule has 3 heteroatoms. The average Bonchev–Trinajstić information content (AvgIpc) is 2.34. The lowest BCUT2D eigenvalue weighted by Crippen LogP contribution is -2.28. The molecule has 0 aliphatic heterocycles. The molecule has 1 aromatic rings. The number of nitrogens with zero attached hydrogens (tertiary/aromatic N) is 1.